The average Bonchev–Trinajstić information content (AvgIpc) is 2.56. The summed E-state index contributed by atoms with van der Waals surface area (Å²) in [5.41, 5.74) is 3.70. The fourth-order valence-electron chi connectivity index (χ4n) is 2.50. The third kappa shape index (κ3) is 5.29. The van der Waals surface area contributed by atoms with Crippen LogP contribution in [0, 0.1) is 6.92 Å². The molecule has 5 heteroatoms. The molecule has 4 nitrogen and oxygen atoms in total. The van der Waals surface area contributed by atoms with Gasteiger partial charge in [0.15, 0.2) is 5.11 Å². The van der Waals surface area contributed by atoms with Crippen LogP contribution < -0.4 is 15.4 Å². The van der Waals surface area contributed by atoms with Crippen molar-refractivity contribution in [1.29, 1.82) is 0 Å². The lowest BCUT2D eigenvalue weighted by atomic mass is 10.1. The fraction of sp³-hybridized carbons (Fsp3) is 0.300. The molecule has 0 bridgehead atoms. The van der Waals surface area contributed by atoms with Crippen molar-refractivity contribution in [1.82, 2.24) is 5.32 Å². The molecule has 25 heavy (non-hydrogen) atoms. The van der Waals surface area contributed by atoms with Crippen LogP contribution in [0.25, 0.3) is 0 Å². The van der Waals surface area contributed by atoms with Crippen LogP contribution in [0.2, 0.25) is 0 Å². The number of carbonyl (C=O) groups excluding carboxylic acids is 1. The van der Waals surface area contributed by atoms with E-state index in [0.717, 1.165) is 23.2 Å². The zero-order valence-electron chi connectivity index (χ0n) is 15.1. The normalized spacial score (nSPS) is 10.4. The number of para-hydroxylation sites is 1. The summed E-state index contributed by atoms with van der Waals surface area (Å²) in [5, 5.41) is 6.16. The average molecular weight is 356 g/mol. The molecule has 0 fully saturated rings. The van der Waals surface area contributed by atoms with Crippen LogP contribution in [0.4, 0.5) is 5.69 Å². The Morgan fingerprint density at radius 1 is 1.20 bits per heavy atom. The monoisotopic (exact) mass is 356 g/mol. The zero-order chi connectivity index (χ0) is 18.4. The van der Waals surface area contributed by atoms with Gasteiger partial charge >= 0.3 is 0 Å². The highest BCUT2D eigenvalue weighted by Crippen LogP contribution is 2.21. The lowest BCUT2D eigenvalue weighted by molar-refractivity contribution is 0.0977. The van der Waals surface area contributed by atoms with Crippen LogP contribution in [-0.2, 0) is 6.42 Å². The van der Waals surface area contributed by atoms with E-state index >= 15 is 0 Å². The first-order valence-electron chi connectivity index (χ1n) is 8.38. The van der Waals surface area contributed by atoms with E-state index in [9.17, 15) is 4.79 Å². The Kier molecular flexibility index (Phi) is 6.53. The molecule has 0 saturated heterocycles. The highest BCUT2D eigenvalue weighted by Gasteiger charge is 2.11. The summed E-state index contributed by atoms with van der Waals surface area (Å²) < 4.78 is 5.62. The molecule has 0 saturated carbocycles. The lowest BCUT2D eigenvalue weighted by Crippen LogP contribution is -2.34. The van der Waals surface area contributed by atoms with Gasteiger partial charge in [-0.2, -0.15) is 0 Å². The molecule has 2 aromatic carbocycles. The van der Waals surface area contributed by atoms with Crippen molar-refractivity contribution in [2.75, 3.05) is 5.32 Å². The van der Waals surface area contributed by atoms with Gasteiger partial charge in [-0.1, -0.05) is 31.2 Å². The number of hydrogen-bond acceptors (Lipinski definition) is 3. The molecular weight excluding hydrogens is 332 g/mol. The van der Waals surface area contributed by atoms with E-state index in [0.29, 0.717) is 11.3 Å². The first-order chi connectivity index (χ1) is 11.9. The van der Waals surface area contributed by atoms with E-state index in [-0.39, 0.29) is 17.1 Å². The Bertz CT molecular complexity index is 772. The fourth-order valence-corrected chi connectivity index (χ4v) is 2.70. The molecule has 0 aliphatic rings. The number of rotatable bonds is 5. The number of thiocarbonyl (C=S) groups is 1. The predicted octanol–water partition coefficient (Wildman–Crippen LogP) is 4.47. The summed E-state index contributed by atoms with van der Waals surface area (Å²) in [4.78, 5) is 12.4. The van der Waals surface area contributed by atoms with Crippen LogP contribution in [0.5, 0.6) is 5.75 Å². The quantitative estimate of drug-likeness (QED) is 0.776. The van der Waals surface area contributed by atoms with Gasteiger partial charge < -0.3 is 10.1 Å². The molecule has 0 aromatic heterocycles. The second-order valence-corrected chi connectivity index (χ2v) is 6.47. The first-order valence-corrected chi connectivity index (χ1v) is 8.79. The van der Waals surface area contributed by atoms with E-state index in [1.165, 1.54) is 0 Å². The van der Waals surface area contributed by atoms with Gasteiger partial charge in [-0.25, -0.2) is 0 Å². The Morgan fingerprint density at radius 2 is 1.92 bits per heavy atom. The summed E-state index contributed by atoms with van der Waals surface area (Å²) in [6.07, 6.45) is 0.935. The van der Waals surface area contributed by atoms with Gasteiger partial charge in [0.05, 0.1) is 6.10 Å². The van der Waals surface area contributed by atoms with Gasteiger partial charge in [0, 0.05) is 11.3 Å². The molecule has 2 N–H and O–H groups in total. The molecular formula is C20H24N2O2S. The maximum absolute atomic E-state index is 12.4. The van der Waals surface area contributed by atoms with Crippen LogP contribution in [0.1, 0.15) is 42.3 Å². The highest BCUT2D eigenvalue weighted by atomic mass is 32.1. The highest BCUT2D eigenvalue weighted by molar-refractivity contribution is 7.80. The molecule has 0 aliphatic heterocycles. The van der Waals surface area contributed by atoms with E-state index in [1.807, 2.05) is 45.0 Å². The zero-order valence-corrected chi connectivity index (χ0v) is 15.9. The van der Waals surface area contributed by atoms with Crippen molar-refractivity contribution in [3.63, 3.8) is 0 Å². The third-order valence-electron chi connectivity index (χ3n) is 3.67. The molecule has 0 unspecified atom stereocenters. The Hall–Kier alpha value is -2.40. The van der Waals surface area contributed by atoms with Crippen molar-refractivity contribution in [2.45, 2.75) is 40.2 Å². The number of carbonyl (C=O) groups is 1. The molecule has 0 atom stereocenters. The van der Waals surface area contributed by atoms with Crippen molar-refractivity contribution in [3.05, 3.63) is 59.2 Å². The molecule has 0 aliphatic carbocycles. The predicted molar refractivity (Wildman–Crippen MR) is 106 cm³/mol. The summed E-state index contributed by atoms with van der Waals surface area (Å²) in [6, 6.07) is 13.1. The summed E-state index contributed by atoms with van der Waals surface area (Å²) in [7, 11) is 0. The largest absolute Gasteiger partial charge is 0.491 e. The Morgan fingerprint density at radius 3 is 2.60 bits per heavy atom. The minimum absolute atomic E-state index is 0.0505. The minimum Gasteiger partial charge on any atom is -0.491 e. The van der Waals surface area contributed by atoms with Gasteiger partial charge in [-0.15, -0.1) is 0 Å². The summed E-state index contributed by atoms with van der Waals surface area (Å²) in [5.74, 6) is 0.395. The van der Waals surface area contributed by atoms with E-state index in [2.05, 4.69) is 17.6 Å². The molecule has 132 valence electrons. The first kappa shape index (κ1) is 18.9. The third-order valence-corrected chi connectivity index (χ3v) is 3.88. The summed E-state index contributed by atoms with van der Waals surface area (Å²) in [6.45, 7) is 7.99. The van der Waals surface area contributed by atoms with Crippen molar-refractivity contribution >= 4 is 28.9 Å². The second kappa shape index (κ2) is 8.62. The standard InChI is InChI=1S/C20H24N2O2S/c1-5-15-9-6-8-14(4)18(15)21-20(25)22-19(23)16-10-7-11-17(12-16)24-13(2)3/h6-13H,5H2,1-4H3,(H2,21,22,23,25). The number of anilines is 1. The van der Waals surface area contributed by atoms with Crippen LogP contribution in [0.15, 0.2) is 42.5 Å². The summed E-state index contributed by atoms with van der Waals surface area (Å²) >= 11 is 5.31. The van der Waals surface area contributed by atoms with Crippen LogP contribution in [0.3, 0.4) is 0 Å². The van der Waals surface area contributed by atoms with Gasteiger partial charge in [-0.05, 0) is 68.7 Å². The van der Waals surface area contributed by atoms with E-state index < -0.39 is 0 Å². The Labute approximate surface area is 154 Å². The number of ether oxygens (including phenoxy) is 1. The molecule has 1 amide bonds. The maximum atomic E-state index is 12.4. The Balaban J connectivity index is 2.07. The second-order valence-electron chi connectivity index (χ2n) is 6.07. The van der Waals surface area contributed by atoms with Gasteiger partial charge in [-0.3, -0.25) is 10.1 Å². The SMILES string of the molecule is CCc1cccc(C)c1NC(=S)NC(=O)c1cccc(OC(C)C)c1. The van der Waals surface area contributed by atoms with Gasteiger partial charge in [0.25, 0.3) is 5.91 Å². The number of nitrogens with one attached hydrogen (secondary N) is 2. The smallest absolute Gasteiger partial charge is 0.257 e. The van der Waals surface area contributed by atoms with Crippen LogP contribution in [-0.4, -0.2) is 17.1 Å². The van der Waals surface area contributed by atoms with Gasteiger partial charge in [0.1, 0.15) is 5.75 Å². The number of aryl methyl sites for hydroxylation is 2. The minimum atomic E-state index is -0.265. The van der Waals surface area contributed by atoms with Crippen molar-refractivity contribution in [3.8, 4) is 5.75 Å². The van der Waals surface area contributed by atoms with Gasteiger partial charge in [0.2, 0.25) is 0 Å². The molecule has 0 heterocycles. The number of amides is 1. The maximum Gasteiger partial charge on any atom is 0.257 e. The molecule has 2 aromatic rings. The van der Waals surface area contributed by atoms with E-state index in [1.54, 1.807) is 18.2 Å². The lowest BCUT2D eigenvalue weighted by Gasteiger charge is -2.15. The van der Waals surface area contributed by atoms with Crippen LogP contribution >= 0.6 is 12.2 Å². The topological polar surface area (TPSA) is 50.4 Å². The van der Waals surface area contributed by atoms with Crippen molar-refractivity contribution in [2.24, 2.45) is 0 Å². The number of benzene rings is 2. The number of hydrogen-bond donors (Lipinski definition) is 2. The molecule has 2 rings (SSSR count). The van der Waals surface area contributed by atoms with Crippen molar-refractivity contribution < 1.29 is 9.53 Å². The molecule has 0 spiro atoms. The molecule has 0 radical (unpaired) electrons. The van der Waals surface area contributed by atoms with E-state index in [4.69, 9.17) is 17.0 Å².